The van der Waals surface area contributed by atoms with Crippen LogP contribution in [0.15, 0.2) is 60.8 Å². The predicted molar refractivity (Wildman–Crippen MR) is 119 cm³/mol. The molecular weight excluding hydrogens is 463 g/mol. The number of amides is 1. The summed E-state index contributed by atoms with van der Waals surface area (Å²) in [7, 11) is 0. The first kappa shape index (κ1) is 22.9. The van der Waals surface area contributed by atoms with Crippen LogP contribution in [-0.4, -0.2) is 50.5 Å². The highest BCUT2D eigenvalue weighted by molar-refractivity contribution is 5.81. The van der Waals surface area contributed by atoms with Crippen molar-refractivity contribution < 1.29 is 32.6 Å². The van der Waals surface area contributed by atoms with E-state index in [0.29, 0.717) is 12.8 Å². The molecule has 0 spiro atoms. The molecule has 1 N–H and O–H groups in total. The van der Waals surface area contributed by atoms with E-state index in [1.807, 2.05) is 48.5 Å². The SMILES string of the molecule is O=C(O)C(Cn1ccc(C(F)(F)F)n1)N(C(=O)OCC1c2ccccc2-c2ccccc21)C1CC1. The van der Waals surface area contributed by atoms with E-state index in [0.717, 1.165) is 44.1 Å². The molecule has 5 rings (SSSR count). The van der Waals surface area contributed by atoms with Crippen LogP contribution in [0.5, 0.6) is 0 Å². The Bertz CT molecular complexity index is 1220. The molecule has 1 heterocycles. The Kier molecular flexibility index (Phi) is 5.74. The van der Waals surface area contributed by atoms with Crippen LogP contribution < -0.4 is 0 Å². The van der Waals surface area contributed by atoms with Gasteiger partial charge in [-0.2, -0.15) is 18.3 Å². The number of hydrogen-bond donors (Lipinski definition) is 1. The zero-order valence-electron chi connectivity index (χ0n) is 18.5. The number of rotatable bonds is 7. The molecule has 10 heteroatoms. The van der Waals surface area contributed by atoms with E-state index in [4.69, 9.17) is 4.74 Å². The maximum atomic E-state index is 13.1. The molecule has 2 aromatic carbocycles. The fourth-order valence-electron chi connectivity index (χ4n) is 4.63. The van der Waals surface area contributed by atoms with Crippen LogP contribution in [0.1, 0.15) is 35.6 Å². The van der Waals surface area contributed by atoms with Crippen LogP contribution in [0.4, 0.5) is 18.0 Å². The first-order valence-corrected chi connectivity index (χ1v) is 11.2. The number of fused-ring (bicyclic) bond motifs is 3. The summed E-state index contributed by atoms with van der Waals surface area (Å²) in [6, 6.07) is 14.7. The van der Waals surface area contributed by atoms with Gasteiger partial charge in [0.2, 0.25) is 0 Å². The molecule has 2 aliphatic rings. The van der Waals surface area contributed by atoms with Gasteiger partial charge in [0.15, 0.2) is 11.7 Å². The smallest absolute Gasteiger partial charge is 0.435 e. The van der Waals surface area contributed by atoms with E-state index in [-0.39, 0.29) is 18.6 Å². The summed E-state index contributed by atoms with van der Waals surface area (Å²) in [5, 5.41) is 13.3. The molecule has 1 fully saturated rings. The van der Waals surface area contributed by atoms with Crippen molar-refractivity contribution in [3.63, 3.8) is 0 Å². The Balaban J connectivity index is 1.34. The second kappa shape index (κ2) is 8.75. The molecule has 0 radical (unpaired) electrons. The molecule has 35 heavy (non-hydrogen) atoms. The van der Waals surface area contributed by atoms with E-state index in [2.05, 4.69) is 5.10 Å². The topological polar surface area (TPSA) is 84.7 Å². The Morgan fingerprint density at radius 3 is 2.17 bits per heavy atom. The largest absolute Gasteiger partial charge is 0.480 e. The number of benzene rings is 2. The summed E-state index contributed by atoms with van der Waals surface area (Å²) in [5.74, 6) is -1.54. The summed E-state index contributed by atoms with van der Waals surface area (Å²) >= 11 is 0. The highest BCUT2D eigenvalue weighted by atomic mass is 19.4. The van der Waals surface area contributed by atoms with Gasteiger partial charge in [0.05, 0.1) is 6.54 Å². The van der Waals surface area contributed by atoms with E-state index in [1.54, 1.807) is 0 Å². The van der Waals surface area contributed by atoms with E-state index >= 15 is 0 Å². The number of ether oxygens (including phenoxy) is 1. The predicted octanol–water partition coefficient (Wildman–Crippen LogP) is 4.77. The van der Waals surface area contributed by atoms with Crippen molar-refractivity contribution in [2.24, 2.45) is 0 Å². The fourth-order valence-corrected chi connectivity index (χ4v) is 4.63. The second-order valence-electron chi connectivity index (χ2n) is 8.72. The molecule has 0 bridgehead atoms. The first-order valence-electron chi connectivity index (χ1n) is 11.2. The van der Waals surface area contributed by atoms with Crippen molar-refractivity contribution in [2.75, 3.05) is 6.61 Å². The highest BCUT2D eigenvalue weighted by Gasteiger charge is 2.43. The van der Waals surface area contributed by atoms with Gasteiger partial charge in [-0.25, -0.2) is 9.59 Å². The number of carbonyl (C=O) groups is 2. The van der Waals surface area contributed by atoms with Crippen molar-refractivity contribution in [2.45, 2.75) is 43.6 Å². The number of carbonyl (C=O) groups excluding carboxylic acids is 1. The average Bonchev–Trinajstić information content (AvgIpc) is 3.44. The van der Waals surface area contributed by atoms with Crippen LogP contribution in [-0.2, 0) is 22.3 Å². The fraction of sp³-hybridized carbons (Fsp3) is 0.320. The van der Waals surface area contributed by atoms with Crippen molar-refractivity contribution in [3.05, 3.63) is 77.6 Å². The van der Waals surface area contributed by atoms with E-state index < -0.39 is 36.5 Å². The van der Waals surface area contributed by atoms with E-state index in [1.165, 1.54) is 0 Å². The number of alkyl halides is 3. The van der Waals surface area contributed by atoms with Crippen LogP contribution >= 0.6 is 0 Å². The van der Waals surface area contributed by atoms with Gasteiger partial charge in [0, 0.05) is 18.2 Å². The van der Waals surface area contributed by atoms with Gasteiger partial charge in [-0.05, 0) is 41.2 Å². The minimum Gasteiger partial charge on any atom is -0.480 e. The third kappa shape index (κ3) is 4.48. The summed E-state index contributed by atoms with van der Waals surface area (Å²) in [6.45, 7) is -0.408. The van der Waals surface area contributed by atoms with Gasteiger partial charge in [-0.15, -0.1) is 0 Å². The Hall–Kier alpha value is -3.82. The van der Waals surface area contributed by atoms with Crippen molar-refractivity contribution >= 4 is 12.1 Å². The van der Waals surface area contributed by atoms with Crippen molar-refractivity contribution in [3.8, 4) is 11.1 Å². The normalized spacial score (nSPS) is 15.9. The maximum absolute atomic E-state index is 13.1. The molecule has 182 valence electrons. The van der Waals surface area contributed by atoms with Gasteiger partial charge in [-0.3, -0.25) is 9.58 Å². The number of carboxylic acids is 1. The lowest BCUT2D eigenvalue weighted by Gasteiger charge is -2.29. The summed E-state index contributed by atoms with van der Waals surface area (Å²) in [6.07, 6.45) is -3.19. The van der Waals surface area contributed by atoms with Crippen LogP contribution in [0, 0.1) is 0 Å². The lowest BCUT2D eigenvalue weighted by Crippen LogP contribution is -2.49. The van der Waals surface area contributed by atoms with Gasteiger partial charge in [0.25, 0.3) is 0 Å². The molecule has 2 aliphatic carbocycles. The van der Waals surface area contributed by atoms with Crippen LogP contribution in [0.2, 0.25) is 0 Å². The lowest BCUT2D eigenvalue weighted by molar-refractivity contribution is -0.143. The average molecular weight is 485 g/mol. The zero-order chi connectivity index (χ0) is 24.7. The summed E-state index contributed by atoms with van der Waals surface area (Å²) in [4.78, 5) is 26.3. The van der Waals surface area contributed by atoms with Gasteiger partial charge in [-0.1, -0.05) is 48.5 Å². The third-order valence-corrected chi connectivity index (χ3v) is 6.40. The maximum Gasteiger partial charge on any atom is 0.435 e. The quantitative estimate of drug-likeness (QED) is 0.521. The molecule has 1 atom stereocenters. The molecule has 1 aromatic heterocycles. The van der Waals surface area contributed by atoms with Crippen LogP contribution in [0.3, 0.4) is 0 Å². The molecule has 1 saturated carbocycles. The third-order valence-electron chi connectivity index (χ3n) is 6.40. The minimum atomic E-state index is -4.65. The summed E-state index contributed by atoms with van der Waals surface area (Å²) < 4.78 is 45.3. The standard InChI is InChI=1S/C25H22F3N3O4/c26-25(27,28)22-11-12-30(29-22)13-21(23(32)33)31(15-9-10-15)24(34)35-14-20-18-7-3-1-5-16(18)17-6-2-4-8-19(17)20/h1-8,11-12,15,20-21H,9-10,13-14H2,(H,32,33). The highest BCUT2D eigenvalue weighted by Crippen LogP contribution is 2.44. The number of halogens is 3. The minimum absolute atomic E-state index is 0.0163. The molecule has 3 aromatic rings. The zero-order valence-corrected chi connectivity index (χ0v) is 18.5. The van der Waals surface area contributed by atoms with Crippen molar-refractivity contribution in [1.82, 2.24) is 14.7 Å². The number of aliphatic carboxylic acids is 1. The van der Waals surface area contributed by atoms with Gasteiger partial charge < -0.3 is 9.84 Å². The second-order valence-corrected chi connectivity index (χ2v) is 8.72. The first-order chi connectivity index (χ1) is 16.7. The molecule has 1 amide bonds. The van der Waals surface area contributed by atoms with E-state index in [9.17, 15) is 27.9 Å². The molecule has 0 saturated heterocycles. The summed E-state index contributed by atoms with van der Waals surface area (Å²) in [5.41, 5.74) is 3.04. The van der Waals surface area contributed by atoms with Gasteiger partial charge in [0.1, 0.15) is 6.61 Å². The number of hydrogen-bond acceptors (Lipinski definition) is 4. The Labute approximate surface area is 198 Å². The molecule has 0 aliphatic heterocycles. The van der Waals surface area contributed by atoms with Crippen molar-refractivity contribution in [1.29, 1.82) is 0 Å². The Morgan fingerprint density at radius 1 is 1.06 bits per heavy atom. The lowest BCUT2D eigenvalue weighted by atomic mass is 9.98. The monoisotopic (exact) mass is 485 g/mol. The molecular formula is C25H22F3N3O4. The molecule has 1 unspecified atom stereocenters. The van der Waals surface area contributed by atoms with Gasteiger partial charge >= 0.3 is 18.2 Å². The number of aromatic nitrogens is 2. The molecule has 7 nitrogen and oxygen atoms in total. The van der Waals surface area contributed by atoms with Crippen LogP contribution in [0.25, 0.3) is 11.1 Å². The number of carboxylic acid groups (broad SMARTS) is 1. The number of nitrogens with zero attached hydrogens (tertiary/aromatic N) is 3. The Morgan fingerprint density at radius 2 is 1.66 bits per heavy atom.